The van der Waals surface area contributed by atoms with Crippen LogP contribution in [-0.2, 0) is 19.1 Å². The molecule has 1 aliphatic heterocycles. The number of methoxy groups -OCH3 is 1. The molecule has 8 heteroatoms. The molecule has 1 aliphatic rings. The van der Waals surface area contributed by atoms with Crippen molar-refractivity contribution in [2.75, 3.05) is 44.9 Å². The van der Waals surface area contributed by atoms with Crippen molar-refractivity contribution in [3.05, 3.63) is 64.7 Å². The second-order valence-electron chi connectivity index (χ2n) is 8.06. The molecule has 3 amide bonds. The van der Waals surface area contributed by atoms with Gasteiger partial charge in [-0.15, -0.1) is 0 Å². The highest BCUT2D eigenvalue weighted by Gasteiger charge is 2.34. The van der Waals surface area contributed by atoms with Crippen LogP contribution in [0.2, 0.25) is 5.02 Å². The molecule has 0 spiro atoms. The largest absolute Gasteiger partial charge is 0.383 e. The summed E-state index contributed by atoms with van der Waals surface area (Å²) in [7, 11) is 1.56. The topological polar surface area (TPSA) is 70.2 Å². The fourth-order valence-corrected chi connectivity index (χ4v) is 4.17. The Morgan fingerprint density at radius 2 is 1.88 bits per heavy atom. The Bertz CT molecular complexity index is 998. The molecule has 0 radical (unpaired) electrons. The van der Waals surface area contributed by atoms with E-state index in [0.717, 1.165) is 11.1 Å². The van der Waals surface area contributed by atoms with E-state index in [4.69, 9.17) is 16.3 Å². The second kappa shape index (κ2) is 11.3. The number of rotatable bonds is 9. The van der Waals surface area contributed by atoms with Gasteiger partial charge in [0, 0.05) is 24.4 Å². The number of hydrogen-bond donors (Lipinski definition) is 0. The van der Waals surface area contributed by atoms with Gasteiger partial charge in [-0.25, -0.2) is 0 Å². The Hall–Kier alpha value is -2.90. The number of hydrogen-bond acceptors (Lipinski definition) is 4. The summed E-state index contributed by atoms with van der Waals surface area (Å²) in [5.41, 5.74) is 2.39. The first-order valence-corrected chi connectivity index (χ1v) is 11.4. The first kappa shape index (κ1) is 24.7. The number of carbonyl (C=O) groups is 3. The molecule has 1 atom stereocenters. The molecular weight excluding hydrogens is 442 g/mol. The van der Waals surface area contributed by atoms with Gasteiger partial charge in [0.15, 0.2) is 0 Å². The fraction of sp³-hybridized carbons (Fsp3) is 0.400. The van der Waals surface area contributed by atoms with Crippen molar-refractivity contribution >= 4 is 35.0 Å². The predicted molar refractivity (Wildman–Crippen MR) is 128 cm³/mol. The van der Waals surface area contributed by atoms with Crippen molar-refractivity contribution in [1.29, 1.82) is 0 Å². The average molecular weight is 472 g/mol. The Morgan fingerprint density at radius 1 is 1.15 bits per heavy atom. The summed E-state index contributed by atoms with van der Waals surface area (Å²) in [4.78, 5) is 43.7. The standard InChI is InChI=1S/C25H30ClN3O4/c1-4-20(19-9-6-5-7-10-19)25(32)27(13-14-33-3)15-23(30)28-16-24(31)29(17-28)22-12-8-11-21(26)18(22)2/h5-12,20H,4,13-17H2,1-3H3. The summed E-state index contributed by atoms with van der Waals surface area (Å²) in [5, 5.41) is 0.563. The summed E-state index contributed by atoms with van der Waals surface area (Å²) in [6.45, 7) is 4.39. The number of halogens is 1. The third-order valence-electron chi connectivity index (χ3n) is 5.93. The number of nitrogens with zero attached hydrogens (tertiary/aromatic N) is 3. The molecular formula is C25H30ClN3O4. The van der Waals surface area contributed by atoms with E-state index in [2.05, 4.69) is 0 Å². The van der Waals surface area contributed by atoms with Gasteiger partial charge in [0.1, 0.15) is 13.2 Å². The molecule has 0 aliphatic carbocycles. The summed E-state index contributed by atoms with van der Waals surface area (Å²) in [6, 6.07) is 14.9. The summed E-state index contributed by atoms with van der Waals surface area (Å²) in [5.74, 6) is -0.930. The zero-order valence-electron chi connectivity index (χ0n) is 19.3. The van der Waals surface area contributed by atoms with Crippen molar-refractivity contribution in [2.24, 2.45) is 0 Å². The van der Waals surface area contributed by atoms with Crippen LogP contribution >= 0.6 is 11.6 Å². The minimum absolute atomic E-state index is 0.0347. The van der Waals surface area contributed by atoms with Gasteiger partial charge < -0.3 is 14.5 Å². The molecule has 0 aromatic heterocycles. The molecule has 2 aromatic rings. The van der Waals surface area contributed by atoms with E-state index in [9.17, 15) is 14.4 Å². The monoisotopic (exact) mass is 471 g/mol. The fourth-order valence-electron chi connectivity index (χ4n) is 4.00. The van der Waals surface area contributed by atoms with Crippen LogP contribution in [0.3, 0.4) is 0 Å². The third kappa shape index (κ3) is 5.72. The Balaban J connectivity index is 1.74. The maximum Gasteiger partial charge on any atom is 0.248 e. The van der Waals surface area contributed by atoms with Crippen molar-refractivity contribution < 1.29 is 19.1 Å². The van der Waals surface area contributed by atoms with Crippen molar-refractivity contribution in [1.82, 2.24) is 9.80 Å². The van der Waals surface area contributed by atoms with Gasteiger partial charge in [0.05, 0.1) is 19.1 Å². The molecule has 176 valence electrons. The van der Waals surface area contributed by atoms with Gasteiger partial charge in [-0.2, -0.15) is 0 Å². The molecule has 33 heavy (non-hydrogen) atoms. The Morgan fingerprint density at radius 3 is 2.55 bits per heavy atom. The molecule has 2 aromatic carbocycles. The zero-order chi connectivity index (χ0) is 24.0. The zero-order valence-corrected chi connectivity index (χ0v) is 20.0. The molecule has 7 nitrogen and oxygen atoms in total. The highest BCUT2D eigenvalue weighted by atomic mass is 35.5. The summed E-state index contributed by atoms with van der Waals surface area (Å²) < 4.78 is 5.17. The minimum Gasteiger partial charge on any atom is -0.383 e. The van der Waals surface area contributed by atoms with Gasteiger partial charge in [0.2, 0.25) is 17.7 Å². The van der Waals surface area contributed by atoms with Crippen LogP contribution in [0.25, 0.3) is 0 Å². The van der Waals surface area contributed by atoms with Crippen LogP contribution in [0.5, 0.6) is 0 Å². The summed E-state index contributed by atoms with van der Waals surface area (Å²) in [6.07, 6.45) is 0.616. The van der Waals surface area contributed by atoms with Crippen LogP contribution in [0.1, 0.15) is 30.4 Å². The van der Waals surface area contributed by atoms with E-state index in [0.29, 0.717) is 30.3 Å². The average Bonchev–Trinajstić information content (AvgIpc) is 3.21. The van der Waals surface area contributed by atoms with Gasteiger partial charge in [-0.05, 0) is 36.6 Å². The number of ether oxygens (including phenoxy) is 1. The van der Waals surface area contributed by atoms with Crippen LogP contribution < -0.4 is 4.90 Å². The maximum atomic E-state index is 13.4. The number of carbonyl (C=O) groups excluding carboxylic acids is 3. The van der Waals surface area contributed by atoms with Gasteiger partial charge >= 0.3 is 0 Å². The molecule has 1 unspecified atom stereocenters. The second-order valence-corrected chi connectivity index (χ2v) is 8.47. The molecule has 0 saturated carbocycles. The van der Waals surface area contributed by atoms with E-state index in [1.807, 2.05) is 50.2 Å². The van der Waals surface area contributed by atoms with E-state index in [1.54, 1.807) is 24.1 Å². The third-order valence-corrected chi connectivity index (χ3v) is 6.34. The van der Waals surface area contributed by atoms with Crippen molar-refractivity contribution in [3.8, 4) is 0 Å². The van der Waals surface area contributed by atoms with E-state index in [1.165, 1.54) is 9.80 Å². The molecule has 3 rings (SSSR count). The SMILES string of the molecule is CCC(C(=O)N(CCOC)CC(=O)N1CC(=O)N(c2cccc(Cl)c2C)C1)c1ccccc1. The first-order valence-electron chi connectivity index (χ1n) is 11.0. The van der Waals surface area contributed by atoms with Crippen LogP contribution in [0.15, 0.2) is 48.5 Å². The Kier molecular flexibility index (Phi) is 8.47. The smallest absolute Gasteiger partial charge is 0.248 e. The highest BCUT2D eigenvalue weighted by Crippen LogP contribution is 2.29. The molecule has 1 saturated heterocycles. The number of anilines is 1. The van der Waals surface area contributed by atoms with Crippen LogP contribution in [0, 0.1) is 6.92 Å². The minimum atomic E-state index is -0.346. The number of amides is 3. The molecule has 1 fully saturated rings. The predicted octanol–water partition coefficient (Wildman–Crippen LogP) is 3.45. The van der Waals surface area contributed by atoms with Gasteiger partial charge in [-0.1, -0.05) is 54.9 Å². The highest BCUT2D eigenvalue weighted by molar-refractivity contribution is 6.31. The van der Waals surface area contributed by atoms with Gasteiger partial charge in [-0.3, -0.25) is 19.3 Å². The lowest BCUT2D eigenvalue weighted by Gasteiger charge is -2.28. The van der Waals surface area contributed by atoms with Crippen LogP contribution in [-0.4, -0.2) is 67.5 Å². The van der Waals surface area contributed by atoms with Crippen molar-refractivity contribution in [2.45, 2.75) is 26.2 Å². The molecule has 0 bridgehead atoms. The van der Waals surface area contributed by atoms with Crippen LogP contribution in [0.4, 0.5) is 5.69 Å². The lowest BCUT2D eigenvalue weighted by atomic mass is 9.95. The lowest BCUT2D eigenvalue weighted by molar-refractivity contribution is -0.141. The van der Waals surface area contributed by atoms with E-state index in [-0.39, 0.29) is 43.4 Å². The first-order chi connectivity index (χ1) is 15.9. The van der Waals surface area contributed by atoms with E-state index >= 15 is 0 Å². The molecule has 0 N–H and O–H groups in total. The van der Waals surface area contributed by atoms with Gasteiger partial charge in [0.25, 0.3) is 0 Å². The van der Waals surface area contributed by atoms with Crippen molar-refractivity contribution in [3.63, 3.8) is 0 Å². The number of benzene rings is 2. The quantitative estimate of drug-likeness (QED) is 0.561. The molecule has 1 heterocycles. The maximum absolute atomic E-state index is 13.4. The lowest BCUT2D eigenvalue weighted by Crippen LogP contribution is -2.45. The summed E-state index contributed by atoms with van der Waals surface area (Å²) >= 11 is 6.21. The normalized spacial score (nSPS) is 14.5. The van der Waals surface area contributed by atoms with E-state index < -0.39 is 0 Å². The Labute approximate surface area is 199 Å².